The molecule has 3 unspecified atom stereocenters. The van der Waals surface area contributed by atoms with Crippen molar-refractivity contribution in [3.05, 3.63) is 12.2 Å². The second-order valence-electron chi connectivity index (χ2n) is 6.29. The monoisotopic (exact) mass is 250 g/mol. The van der Waals surface area contributed by atoms with Gasteiger partial charge in [0.1, 0.15) is 5.54 Å². The van der Waals surface area contributed by atoms with Crippen molar-refractivity contribution in [3.63, 3.8) is 0 Å². The third-order valence-corrected chi connectivity index (χ3v) is 5.15. The molecule has 100 valence electrons. The van der Waals surface area contributed by atoms with Gasteiger partial charge in [0.25, 0.3) is 0 Å². The minimum atomic E-state index is -0.737. The Morgan fingerprint density at radius 2 is 2.22 bits per heavy atom. The van der Waals surface area contributed by atoms with Gasteiger partial charge in [-0.05, 0) is 12.8 Å². The number of ether oxygens (including phenoxy) is 1. The van der Waals surface area contributed by atoms with E-state index in [0.29, 0.717) is 6.54 Å². The lowest BCUT2D eigenvalue weighted by atomic mass is 9.47. The van der Waals surface area contributed by atoms with Gasteiger partial charge in [0.2, 0.25) is 5.91 Å². The molecule has 2 heterocycles. The molecule has 3 atom stereocenters. The van der Waals surface area contributed by atoms with E-state index >= 15 is 0 Å². The van der Waals surface area contributed by atoms with Crippen LogP contribution in [0.2, 0.25) is 0 Å². The van der Waals surface area contributed by atoms with E-state index in [4.69, 9.17) is 10.5 Å². The molecule has 4 heteroatoms. The molecule has 0 spiro atoms. The lowest BCUT2D eigenvalue weighted by Gasteiger charge is -2.61. The maximum absolute atomic E-state index is 12.8. The summed E-state index contributed by atoms with van der Waals surface area (Å²) in [4.78, 5) is 14.7. The molecule has 0 radical (unpaired) electrons. The molecule has 1 aliphatic carbocycles. The Bertz CT molecular complexity index is 405. The number of hydrogen-bond donors (Lipinski definition) is 1. The molecule has 1 saturated heterocycles. The topological polar surface area (TPSA) is 55.6 Å². The Labute approximate surface area is 108 Å². The Balaban J connectivity index is 1.85. The molecule has 0 aromatic heterocycles. The van der Waals surface area contributed by atoms with Crippen LogP contribution in [0.3, 0.4) is 0 Å². The van der Waals surface area contributed by atoms with E-state index in [0.717, 1.165) is 26.0 Å². The number of hydrogen-bond acceptors (Lipinski definition) is 3. The van der Waals surface area contributed by atoms with Gasteiger partial charge in [-0.2, -0.15) is 0 Å². The Morgan fingerprint density at radius 3 is 2.89 bits per heavy atom. The molecule has 1 amide bonds. The first kappa shape index (κ1) is 12.2. The summed E-state index contributed by atoms with van der Waals surface area (Å²) in [6.45, 7) is 6.37. The third kappa shape index (κ3) is 1.30. The van der Waals surface area contributed by atoms with E-state index in [9.17, 15) is 4.79 Å². The average Bonchev–Trinajstić information content (AvgIpc) is 2.86. The second kappa shape index (κ2) is 3.81. The minimum Gasteiger partial charge on any atom is -0.377 e. The summed E-state index contributed by atoms with van der Waals surface area (Å²) in [5.74, 6) is 0.314. The van der Waals surface area contributed by atoms with Crippen LogP contribution in [0.25, 0.3) is 0 Å². The Morgan fingerprint density at radius 1 is 1.44 bits per heavy atom. The van der Waals surface area contributed by atoms with E-state index in [2.05, 4.69) is 26.0 Å². The van der Waals surface area contributed by atoms with Crippen LogP contribution in [0.1, 0.15) is 26.7 Å². The van der Waals surface area contributed by atoms with E-state index in [-0.39, 0.29) is 23.3 Å². The van der Waals surface area contributed by atoms with Gasteiger partial charge >= 0.3 is 0 Å². The molecule has 18 heavy (non-hydrogen) atoms. The van der Waals surface area contributed by atoms with Gasteiger partial charge in [-0.3, -0.25) is 4.79 Å². The number of carbonyl (C=O) groups excluding carboxylic acids is 1. The Hall–Kier alpha value is -0.870. The minimum absolute atomic E-state index is 0.114. The predicted molar refractivity (Wildman–Crippen MR) is 68.9 cm³/mol. The first-order valence-corrected chi connectivity index (χ1v) is 6.84. The zero-order valence-electron chi connectivity index (χ0n) is 11.2. The second-order valence-corrected chi connectivity index (χ2v) is 6.29. The molecule has 2 aliphatic heterocycles. The van der Waals surface area contributed by atoms with Crippen LogP contribution in [0.5, 0.6) is 0 Å². The van der Waals surface area contributed by atoms with Crippen molar-refractivity contribution in [1.82, 2.24) is 4.90 Å². The van der Waals surface area contributed by atoms with Gasteiger partial charge in [-0.1, -0.05) is 26.0 Å². The highest BCUT2D eigenvalue weighted by Gasteiger charge is 2.71. The van der Waals surface area contributed by atoms with Gasteiger partial charge < -0.3 is 15.4 Å². The van der Waals surface area contributed by atoms with Crippen LogP contribution >= 0.6 is 0 Å². The molecule has 1 saturated carbocycles. The van der Waals surface area contributed by atoms with Crippen LogP contribution < -0.4 is 5.73 Å². The molecule has 0 bridgehead atoms. The van der Waals surface area contributed by atoms with E-state index < -0.39 is 5.54 Å². The van der Waals surface area contributed by atoms with E-state index in [1.165, 1.54) is 0 Å². The summed E-state index contributed by atoms with van der Waals surface area (Å²) in [6, 6.07) is 0. The molecule has 2 N–H and O–H groups in total. The highest BCUT2D eigenvalue weighted by atomic mass is 16.5. The number of nitrogens with two attached hydrogens (primary N) is 1. The van der Waals surface area contributed by atoms with Crippen molar-refractivity contribution in [3.8, 4) is 0 Å². The highest BCUT2D eigenvalue weighted by Crippen LogP contribution is 2.58. The lowest BCUT2D eigenvalue weighted by Crippen LogP contribution is -2.80. The SMILES string of the molecule is CC1(C)C2OCCC2C1(N)C(=O)N1CC=CCC1. The van der Waals surface area contributed by atoms with E-state index in [1.807, 2.05) is 4.90 Å². The largest absolute Gasteiger partial charge is 0.377 e. The van der Waals surface area contributed by atoms with Gasteiger partial charge in [-0.15, -0.1) is 0 Å². The molecular weight excluding hydrogens is 228 g/mol. The van der Waals surface area contributed by atoms with Crippen molar-refractivity contribution in [2.45, 2.75) is 38.3 Å². The van der Waals surface area contributed by atoms with Crippen molar-refractivity contribution in [1.29, 1.82) is 0 Å². The summed E-state index contributed by atoms with van der Waals surface area (Å²) < 4.78 is 5.74. The van der Waals surface area contributed by atoms with Crippen molar-refractivity contribution in [2.24, 2.45) is 17.1 Å². The number of nitrogens with zero attached hydrogens (tertiary/aromatic N) is 1. The highest BCUT2D eigenvalue weighted by molar-refractivity contribution is 5.90. The van der Waals surface area contributed by atoms with E-state index in [1.54, 1.807) is 0 Å². The summed E-state index contributed by atoms with van der Waals surface area (Å²) in [7, 11) is 0. The maximum atomic E-state index is 12.8. The third-order valence-electron chi connectivity index (χ3n) is 5.15. The van der Waals surface area contributed by atoms with Crippen LogP contribution in [-0.4, -0.2) is 42.1 Å². The lowest BCUT2D eigenvalue weighted by molar-refractivity contribution is -0.184. The van der Waals surface area contributed by atoms with Crippen molar-refractivity contribution in [2.75, 3.05) is 19.7 Å². The van der Waals surface area contributed by atoms with Crippen LogP contribution in [0, 0.1) is 11.3 Å². The van der Waals surface area contributed by atoms with Crippen molar-refractivity contribution < 1.29 is 9.53 Å². The molecule has 0 aromatic rings. The normalized spacial score (nSPS) is 41.4. The number of carbonyl (C=O) groups is 1. The molecule has 3 aliphatic rings. The van der Waals surface area contributed by atoms with Gasteiger partial charge in [-0.25, -0.2) is 0 Å². The van der Waals surface area contributed by atoms with Gasteiger partial charge in [0.05, 0.1) is 6.10 Å². The smallest absolute Gasteiger partial charge is 0.243 e. The summed E-state index contributed by atoms with van der Waals surface area (Å²) >= 11 is 0. The van der Waals surface area contributed by atoms with Crippen LogP contribution in [0.15, 0.2) is 12.2 Å². The zero-order valence-corrected chi connectivity index (χ0v) is 11.2. The van der Waals surface area contributed by atoms with Crippen LogP contribution in [-0.2, 0) is 9.53 Å². The molecule has 4 nitrogen and oxygen atoms in total. The summed E-state index contributed by atoms with van der Waals surface area (Å²) in [6.07, 6.45) is 6.19. The number of rotatable bonds is 1. The molecule has 0 aromatic carbocycles. The first-order chi connectivity index (χ1) is 8.49. The molecule has 3 rings (SSSR count). The zero-order chi connectivity index (χ0) is 13.0. The van der Waals surface area contributed by atoms with Crippen molar-refractivity contribution >= 4 is 5.91 Å². The van der Waals surface area contributed by atoms with Gasteiger partial charge in [0.15, 0.2) is 0 Å². The van der Waals surface area contributed by atoms with Crippen LogP contribution in [0.4, 0.5) is 0 Å². The molecule has 2 fully saturated rings. The standard InChI is InChI=1S/C14H22N2O2/c1-13(2)11-10(6-9-18-11)14(13,15)12(17)16-7-4-3-5-8-16/h3-4,10-11H,5-9,15H2,1-2H3. The fourth-order valence-corrected chi connectivity index (χ4v) is 3.91. The fourth-order valence-electron chi connectivity index (χ4n) is 3.91. The quantitative estimate of drug-likeness (QED) is 0.704. The molecular formula is C14H22N2O2. The predicted octanol–water partition coefficient (Wildman–Crippen LogP) is 0.917. The number of amides is 1. The maximum Gasteiger partial charge on any atom is 0.243 e. The first-order valence-electron chi connectivity index (χ1n) is 6.84. The average molecular weight is 250 g/mol. The number of fused-ring (bicyclic) bond motifs is 1. The summed E-state index contributed by atoms with van der Waals surface area (Å²) in [5, 5.41) is 0. The van der Waals surface area contributed by atoms with Gasteiger partial charge in [0, 0.05) is 31.0 Å². The summed E-state index contributed by atoms with van der Waals surface area (Å²) in [5.41, 5.74) is 5.55. The Kier molecular flexibility index (Phi) is 2.58. The fraction of sp³-hybridized carbons (Fsp3) is 0.786.